The van der Waals surface area contributed by atoms with Crippen LogP contribution in [0.5, 0.6) is 5.75 Å². The van der Waals surface area contributed by atoms with Gasteiger partial charge in [-0.05, 0) is 49.8 Å². The van der Waals surface area contributed by atoms with Crippen LogP contribution >= 0.6 is 0 Å². The molecule has 96 valence electrons. The van der Waals surface area contributed by atoms with Crippen LogP contribution in [0.1, 0.15) is 44.6 Å². The molecule has 0 bridgehead atoms. The van der Waals surface area contributed by atoms with Crippen LogP contribution < -0.4 is 4.74 Å². The molecule has 2 nitrogen and oxygen atoms in total. The molecule has 0 aliphatic carbocycles. The summed E-state index contributed by atoms with van der Waals surface area (Å²) in [5.74, 6) is 1.55. The summed E-state index contributed by atoms with van der Waals surface area (Å²) in [5, 5.41) is 0. The normalized spacial score (nSPS) is 14.4. The third-order valence-electron chi connectivity index (χ3n) is 3.40. The summed E-state index contributed by atoms with van der Waals surface area (Å²) in [6.07, 6.45) is 3.81. The maximum absolute atomic E-state index is 5.30. The van der Waals surface area contributed by atoms with Gasteiger partial charge in [0, 0.05) is 7.11 Å². The summed E-state index contributed by atoms with van der Waals surface area (Å²) < 4.78 is 10.5. The third-order valence-corrected chi connectivity index (χ3v) is 3.40. The Balaban J connectivity index is 2.59. The second-order valence-corrected chi connectivity index (χ2v) is 4.50. The van der Waals surface area contributed by atoms with Gasteiger partial charge in [-0.15, -0.1) is 0 Å². The Bertz CT molecular complexity index is 305. The molecule has 0 radical (unpaired) electrons. The predicted octanol–water partition coefficient (Wildman–Crippen LogP) is 4.00. The van der Waals surface area contributed by atoms with Crippen molar-refractivity contribution in [1.82, 2.24) is 0 Å². The van der Waals surface area contributed by atoms with Crippen molar-refractivity contribution in [1.29, 1.82) is 0 Å². The van der Waals surface area contributed by atoms with Gasteiger partial charge in [-0.3, -0.25) is 0 Å². The summed E-state index contributed by atoms with van der Waals surface area (Å²) in [6, 6.07) is 8.42. The lowest BCUT2D eigenvalue weighted by molar-refractivity contribution is 0.107. The largest absolute Gasteiger partial charge is 0.497 e. The lowest BCUT2D eigenvalue weighted by Gasteiger charge is -2.18. The van der Waals surface area contributed by atoms with E-state index in [2.05, 4.69) is 26.0 Å². The van der Waals surface area contributed by atoms with Crippen molar-refractivity contribution in [3.63, 3.8) is 0 Å². The van der Waals surface area contributed by atoms with Gasteiger partial charge in [-0.25, -0.2) is 0 Å². The minimum Gasteiger partial charge on any atom is -0.497 e. The quantitative estimate of drug-likeness (QED) is 0.712. The van der Waals surface area contributed by atoms with E-state index in [4.69, 9.17) is 9.47 Å². The molecule has 17 heavy (non-hydrogen) atoms. The van der Waals surface area contributed by atoms with E-state index >= 15 is 0 Å². The smallest absolute Gasteiger partial charge is 0.118 e. The molecular formula is C15H24O2. The number of ether oxygens (including phenoxy) is 2. The maximum Gasteiger partial charge on any atom is 0.118 e. The fourth-order valence-corrected chi connectivity index (χ4v) is 2.04. The first-order valence-corrected chi connectivity index (χ1v) is 6.38. The Hall–Kier alpha value is -1.02. The zero-order valence-corrected chi connectivity index (χ0v) is 11.4. The van der Waals surface area contributed by atoms with Crippen LogP contribution in [0.4, 0.5) is 0 Å². The van der Waals surface area contributed by atoms with E-state index in [1.165, 1.54) is 18.4 Å². The highest BCUT2D eigenvalue weighted by Gasteiger charge is 2.11. The van der Waals surface area contributed by atoms with Crippen LogP contribution in [0.25, 0.3) is 0 Å². The average molecular weight is 236 g/mol. The van der Waals surface area contributed by atoms with Crippen molar-refractivity contribution in [3.05, 3.63) is 29.8 Å². The zero-order valence-electron chi connectivity index (χ0n) is 11.4. The average Bonchev–Trinajstić information content (AvgIpc) is 2.39. The molecule has 0 spiro atoms. The standard InChI is InChI=1S/C15H24O2/c1-5-13(7-6-12(2)16-3)14-8-10-15(17-4)11-9-14/h8-13H,5-7H2,1-4H3. The zero-order chi connectivity index (χ0) is 12.7. The Kier molecular flexibility index (Phi) is 6.06. The van der Waals surface area contributed by atoms with E-state index in [9.17, 15) is 0 Å². The number of hydrogen-bond acceptors (Lipinski definition) is 2. The highest BCUT2D eigenvalue weighted by molar-refractivity contribution is 5.29. The van der Waals surface area contributed by atoms with Crippen LogP contribution in [-0.4, -0.2) is 20.3 Å². The first-order valence-electron chi connectivity index (χ1n) is 6.38. The van der Waals surface area contributed by atoms with Crippen LogP contribution in [0.2, 0.25) is 0 Å². The number of hydrogen-bond donors (Lipinski definition) is 0. The van der Waals surface area contributed by atoms with Crippen LogP contribution in [-0.2, 0) is 4.74 Å². The van der Waals surface area contributed by atoms with Crippen molar-refractivity contribution < 1.29 is 9.47 Å². The van der Waals surface area contributed by atoms with E-state index in [0.29, 0.717) is 12.0 Å². The van der Waals surface area contributed by atoms with Crippen molar-refractivity contribution in [2.45, 2.75) is 45.1 Å². The summed E-state index contributed by atoms with van der Waals surface area (Å²) in [4.78, 5) is 0. The Morgan fingerprint density at radius 2 is 1.71 bits per heavy atom. The topological polar surface area (TPSA) is 18.5 Å². The number of rotatable bonds is 7. The van der Waals surface area contributed by atoms with Gasteiger partial charge >= 0.3 is 0 Å². The molecule has 1 aromatic carbocycles. The van der Waals surface area contributed by atoms with E-state index in [1.807, 2.05) is 12.1 Å². The third kappa shape index (κ3) is 4.39. The van der Waals surface area contributed by atoms with Crippen molar-refractivity contribution in [2.75, 3.05) is 14.2 Å². The molecule has 0 fully saturated rings. The SMILES string of the molecule is CCC(CCC(C)OC)c1ccc(OC)cc1. The summed E-state index contributed by atoms with van der Waals surface area (Å²) >= 11 is 0. The Labute approximate surface area is 105 Å². The molecule has 0 saturated carbocycles. The molecule has 0 aliphatic rings. The lowest BCUT2D eigenvalue weighted by atomic mass is 9.91. The molecule has 0 N–H and O–H groups in total. The molecule has 2 unspecified atom stereocenters. The van der Waals surface area contributed by atoms with Gasteiger partial charge in [0.25, 0.3) is 0 Å². The lowest BCUT2D eigenvalue weighted by Crippen LogP contribution is -2.07. The van der Waals surface area contributed by atoms with Crippen molar-refractivity contribution in [3.8, 4) is 5.75 Å². The minimum absolute atomic E-state index is 0.349. The van der Waals surface area contributed by atoms with Gasteiger partial charge in [0.15, 0.2) is 0 Å². The molecular weight excluding hydrogens is 212 g/mol. The van der Waals surface area contributed by atoms with E-state index in [-0.39, 0.29) is 0 Å². The molecule has 0 aromatic heterocycles. The monoisotopic (exact) mass is 236 g/mol. The first kappa shape index (κ1) is 14.0. The highest BCUT2D eigenvalue weighted by atomic mass is 16.5. The molecule has 2 heteroatoms. The molecule has 1 aromatic rings. The van der Waals surface area contributed by atoms with Crippen molar-refractivity contribution in [2.24, 2.45) is 0 Å². The predicted molar refractivity (Wildman–Crippen MR) is 71.7 cm³/mol. The van der Waals surface area contributed by atoms with E-state index in [1.54, 1.807) is 14.2 Å². The molecule has 2 atom stereocenters. The van der Waals surface area contributed by atoms with Gasteiger partial charge < -0.3 is 9.47 Å². The molecule has 1 rings (SSSR count). The number of methoxy groups -OCH3 is 2. The van der Waals surface area contributed by atoms with E-state index in [0.717, 1.165) is 12.2 Å². The van der Waals surface area contributed by atoms with Crippen LogP contribution in [0, 0.1) is 0 Å². The second kappa shape index (κ2) is 7.33. The van der Waals surface area contributed by atoms with Gasteiger partial charge in [0.1, 0.15) is 5.75 Å². The van der Waals surface area contributed by atoms with Crippen LogP contribution in [0.3, 0.4) is 0 Å². The fourth-order valence-electron chi connectivity index (χ4n) is 2.04. The Morgan fingerprint density at radius 1 is 1.06 bits per heavy atom. The first-order chi connectivity index (χ1) is 8.21. The van der Waals surface area contributed by atoms with Crippen molar-refractivity contribution >= 4 is 0 Å². The maximum atomic E-state index is 5.30. The summed E-state index contributed by atoms with van der Waals surface area (Å²) in [7, 11) is 3.48. The van der Waals surface area contributed by atoms with Gasteiger partial charge in [-0.1, -0.05) is 19.1 Å². The van der Waals surface area contributed by atoms with Crippen LogP contribution in [0.15, 0.2) is 24.3 Å². The number of benzene rings is 1. The molecule has 0 saturated heterocycles. The molecule has 0 heterocycles. The Morgan fingerprint density at radius 3 is 2.18 bits per heavy atom. The highest BCUT2D eigenvalue weighted by Crippen LogP contribution is 2.27. The fraction of sp³-hybridized carbons (Fsp3) is 0.600. The summed E-state index contributed by atoms with van der Waals surface area (Å²) in [6.45, 7) is 4.37. The van der Waals surface area contributed by atoms with E-state index < -0.39 is 0 Å². The summed E-state index contributed by atoms with van der Waals surface area (Å²) in [5.41, 5.74) is 1.40. The van der Waals surface area contributed by atoms with Gasteiger partial charge in [0.2, 0.25) is 0 Å². The molecule has 0 amide bonds. The molecule has 0 aliphatic heterocycles. The minimum atomic E-state index is 0.349. The van der Waals surface area contributed by atoms with Gasteiger partial charge in [0.05, 0.1) is 13.2 Å². The van der Waals surface area contributed by atoms with Gasteiger partial charge in [-0.2, -0.15) is 0 Å². The second-order valence-electron chi connectivity index (χ2n) is 4.50.